The van der Waals surface area contributed by atoms with Gasteiger partial charge in [-0.2, -0.15) is 9.40 Å². The van der Waals surface area contributed by atoms with Crippen molar-refractivity contribution in [3.05, 3.63) is 74.2 Å². The Labute approximate surface area is 244 Å². The van der Waals surface area contributed by atoms with Gasteiger partial charge in [0.1, 0.15) is 5.69 Å². The summed E-state index contributed by atoms with van der Waals surface area (Å²) in [6, 6.07) is 12.8. The van der Waals surface area contributed by atoms with Crippen LogP contribution in [0.25, 0.3) is 22.6 Å². The Kier molecular flexibility index (Phi) is 6.14. The first-order valence-electron chi connectivity index (χ1n) is 13.4. The zero-order chi connectivity index (χ0) is 27.1. The zero-order valence-corrected chi connectivity index (χ0v) is 24.6. The lowest BCUT2D eigenvalue weighted by atomic mass is 9.53. The van der Waals surface area contributed by atoms with Crippen LogP contribution in [-0.4, -0.2) is 35.1 Å². The lowest BCUT2D eigenvalue weighted by Gasteiger charge is -2.57. The van der Waals surface area contributed by atoms with Crippen LogP contribution in [0.3, 0.4) is 0 Å². The van der Waals surface area contributed by atoms with Crippen LogP contribution in [0.4, 0.5) is 0 Å². The van der Waals surface area contributed by atoms with Gasteiger partial charge in [-0.1, -0.05) is 46.9 Å². The molecule has 2 aromatic carbocycles. The predicted molar refractivity (Wildman–Crippen MR) is 156 cm³/mol. The van der Waals surface area contributed by atoms with E-state index in [1.54, 1.807) is 19.2 Å². The minimum Gasteiger partial charge on any atom is -0.377 e. The summed E-state index contributed by atoms with van der Waals surface area (Å²) in [4.78, 5) is 0. The molecule has 2 heterocycles. The summed E-state index contributed by atoms with van der Waals surface area (Å²) in [6.07, 6.45) is 7.14. The van der Waals surface area contributed by atoms with Gasteiger partial charge in [0.15, 0.2) is 0 Å². The van der Waals surface area contributed by atoms with E-state index < -0.39 is 10.0 Å². The summed E-state index contributed by atoms with van der Waals surface area (Å²) >= 11 is 19.2. The molecule has 6 nitrogen and oxygen atoms in total. The average molecular weight is 604 g/mol. The van der Waals surface area contributed by atoms with E-state index in [1.165, 1.54) is 29.0 Å². The number of hydrogen-bond donors (Lipinski definition) is 1. The van der Waals surface area contributed by atoms with Gasteiger partial charge in [0.25, 0.3) is 0 Å². The summed E-state index contributed by atoms with van der Waals surface area (Å²) in [6.45, 7) is 0.170. The Morgan fingerprint density at radius 2 is 1.54 bits per heavy atom. The number of nitrogens with zero attached hydrogens (tertiary/aromatic N) is 3. The average Bonchev–Trinajstić information content (AvgIpc) is 3.18. The normalized spacial score (nSPS) is 29.1. The molecule has 0 radical (unpaired) electrons. The van der Waals surface area contributed by atoms with Gasteiger partial charge in [-0.15, -0.1) is 0 Å². The molecule has 10 heteroatoms. The maximum atomic E-state index is 13.4. The molecular formula is C29H29Cl3N4O2S. The summed E-state index contributed by atoms with van der Waals surface area (Å²) in [5, 5.41) is 11.9. The van der Waals surface area contributed by atoms with Crippen LogP contribution in [0.15, 0.2) is 47.9 Å². The van der Waals surface area contributed by atoms with Crippen LogP contribution in [-0.2, 0) is 16.6 Å². The fourth-order valence-corrected chi connectivity index (χ4v) is 9.37. The second-order valence-electron chi connectivity index (χ2n) is 11.8. The molecule has 0 amide bonds. The molecule has 39 heavy (non-hydrogen) atoms. The van der Waals surface area contributed by atoms with E-state index in [0.29, 0.717) is 49.9 Å². The van der Waals surface area contributed by atoms with Crippen molar-refractivity contribution in [2.45, 2.75) is 50.6 Å². The topological polar surface area (TPSA) is 67.2 Å². The number of hydrogen-bond acceptors (Lipinski definition) is 4. The first kappa shape index (κ1) is 25.9. The molecule has 1 N–H and O–H groups in total. The Morgan fingerprint density at radius 3 is 2.15 bits per heavy atom. The van der Waals surface area contributed by atoms with Gasteiger partial charge in [0.05, 0.1) is 27.5 Å². The number of sulfonamides is 1. The maximum Gasteiger partial charge on any atom is 0.238 e. The largest absolute Gasteiger partial charge is 0.377 e. The zero-order valence-electron chi connectivity index (χ0n) is 21.5. The number of halogens is 3. The first-order chi connectivity index (χ1) is 18.6. The summed E-state index contributed by atoms with van der Waals surface area (Å²) < 4.78 is 30.0. The molecule has 204 valence electrons. The molecule has 4 saturated carbocycles. The van der Waals surface area contributed by atoms with Gasteiger partial charge in [0, 0.05) is 40.3 Å². The highest BCUT2D eigenvalue weighted by molar-refractivity contribution is 7.92. The predicted octanol–water partition coefficient (Wildman–Crippen LogP) is 7.13. The van der Waals surface area contributed by atoms with Crippen molar-refractivity contribution in [2.75, 3.05) is 7.05 Å². The Morgan fingerprint density at radius 1 is 0.923 bits per heavy atom. The SMILES string of the molecule is CN1Cc2c(nn(-c3ccc(Cl)cc3Cl)c2-c2ccc(Cl)cc2)C(NC23CC4CC(CC(C4)C2)C3)=CS1(=O)=O. The molecule has 3 aromatic rings. The van der Waals surface area contributed by atoms with Crippen molar-refractivity contribution >= 4 is 50.5 Å². The van der Waals surface area contributed by atoms with Crippen molar-refractivity contribution in [1.82, 2.24) is 19.4 Å². The summed E-state index contributed by atoms with van der Waals surface area (Å²) in [5.41, 5.74) is 4.21. The lowest BCUT2D eigenvalue weighted by molar-refractivity contribution is -0.0114. The van der Waals surface area contributed by atoms with E-state index in [0.717, 1.165) is 36.1 Å². The Bertz CT molecular complexity index is 1580. The van der Waals surface area contributed by atoms with Crippen LogP contribution in [0.1, 0.15) is 49.8 Å². The molecule has 0 atom stereocenters. The van der Waals surface area contributed by atoms with Crippen molar-refractivity contribution in [1.29, 1.82) is 0 Å². The third kappa shape index (κ3) is 4.51. The number of rotatable bonds is 4. The third-order valence-corrected chi connectivity index (χ3v) is 11.3. The smallest absolute Gasteiger partial charge is 0.238 e. The highest BCUT2D eigenvalue weighted by Crippen LogP contribution is 2.56. The number of benzene rings is 2. The number of nitrogens with one attached hydrogen (secondary N) is 1. The number of aromatic nitrogens is 2. The van der Waals surface area contributed by atoms with Crippen LogP contribution in [0.5, 0.6) is 0 Å². The molecule has 5 aliphatic rings. The van der Waals surface area contributed by atoms with Crippen LogP contribution in [0.2, 0.25) is 15.1 Å². The highest BCUT2D eigenvalue weighted by Gasteiger charge is 2.51. The molecule has 4 bridgehead atoms. The molecular weight excluding hydrogens is 575 g/mol. The summed E-state index contributed by atoms with van der Waals surface area (Å²) in [7, 11) is -2.06. The molecule has 1 aromatic heterocycles. The number of fused-ring (bicyclic) bond motifs is 1. The molecule has 0 unspecified atom stereocenters. The monoisotopic (exact) mass is 602 g/mol. The van der Waals surface area contributed by atoms with Gasteiger partial charge >= 0.3 is 0 Å². The fraction of sp³-hybridized carbons (Fsp3) is 0.414. The Hall–Kier alpha value is -2.03. The van der Waals surface area contributed by atoms with Gasteiger partial charge in [0.2, 0.25) is 10.0 Å². The highest BCUT2D eigenvalue weighted by atomic mass is 35.5. The molecule has 4 aliphatic carbocycles. The van der Waals surface area contributed by atoms with E-state index in [9.17, 15) is 8.42 Å². The van der Waals surface area contributed by atoms with Crippen LogP contribution >= 0.6 is 34.8 Å². The van der Waals surface area contributed by atoms with Crippen molar-refractivity contribution < 1.29 is 8.42 Å². The first-order valence-corrected chi connectivity index (χ1v) is 16.0. The fourth-order valence-electron chi connectivity index (χ4n) is 7.79. The molecule has 4 fully saturated rings. The van der Waals surface area contributed by atoms with E-state index >= 15 is 0 Å². The van der Waals surface area contributed by atoms with Crippen LogP contribution < -0.4 is 5.32 Å². The maximum absolute atomic E-state index is 13.4. The third-order valence-electron chi connectivity index (χ3n) is 9.01. The molecule has 1 aliphatic heterocycles. The van der Waals surface area contributed by atoms with E-state index in [1.807, 2.05) is 35.0 Å². The van der Waals surface area contributed by atoms with Gasteiger partial charge < -0.3 is 5.32 Å². The van der Waals surface area contributed by atoms with E-state index in [4.69, 9.17) is 39.9 Å². The second-order valence-corrected chi connectivity index (χ2v) is 15.0. The van der Waals surface area contributed by atoms with E-state index in [2.05, 4.69) is 5.32 Å². The van der Waals surface area contributed by atoms with Crippen molar-refractivity contribution in [3.8, 4) is 16.9 Å². The van der Waals surface area contributed by atoms with Gasteiger partial charge in [-0.05, 0) is 86.6 Å². The molecule has 0 saturated heterocycles. The van der Waals surface area contributed by atoms with Gasteiger partial charge in [-0.3, -0.25) is 0 Å². The van der Waals surface area contributed by atoms with E-state index in [-0.39, 0.29) is 12.1 Å². The second kappa shape index (κ2) is 9.25. The quantitative estimate of drug-likeness (QED) is 0.345. The van der Waals surface area contributed by atoms with Gasteiger partial charge in [-0.25, -0.2) is 13.1 Å². The van der Waals surface area contributed by atoms with Crippen LogP contribution in [0, 0.1) is 17.8 Å². The lowest BCUT2D eigenvalue weighted by Crippen LogP contribution is -2.57. The van der Waals surface area contributed by atoms with Crippen molar-refractivity contribution in [3.63, 3.8) is 0 Å². The summed E-state index contributed by atoms with van der Waals surface area (Å²) in [5.74, 6) is 2.14. The standard InChI is InChI=1S/C29H29Cl3N4O2S/c1-35-15-23-27(25(16-39(35,37)38)33-29-12-17-8-18(13-29)10-19(9-17)14-29)34-36(26-7-6-22(31)11-24(26)32)28(23)20-2-4-21(30)5-3-20/h2-7,11,16-19,33H,8-10,12-15H2,1H3. The molecule has 0 spiro atoms. The van der Waals surface area contributed by atoms with Crippen molar-refractivity contribution in [2.24, 2.45) is 17.8 Å². The minimum absolute atomic E-state index is 0.0988. The molecule has 8 rings (SSSR count). The minimum atomic E-state index is -3.67. The Balaban J connectivity index is 1.43.